The van der Waals surface area contributed by atoms with E-state index in [1.807, 2.05) is 7.05 Å². The van der Waals surface area contributed by atoms with E-state index in [4.69, 9.17) is 10.5 Å². The van der Waals surface area contributed by atoms with Gasteiger partial charge in [0.15, 0.2) is 5.82 Å². The molecule has 0 aromatic carbocycles. The molecule has 0 unspecified atom stereocenters. The number of aromatic nitrogens is 2. The van der Waals surface area contributed by atoms with Crippen molar-refractivity contribution in [2.45, 2.75) is 32.6 Å². The van der Waals surface area contributed by atoms with E-state index in [2.05, 4.69) is 21.8 Å². The molecule has 18 heavy (non-hydrogen) atoms. The lowest BCUT2D eigenvalue weighted by Crippen LogP contribution is -2.30. The van der Waals surface area contributed by atoms with Crippen LogP contribution in [0.2, 0.25) is 0 Å². The molecule has 1 aromatic heterocycles. The summed E-state index contributed by atoms with van der Waals surface area (Å²) < 4.78 is 5.52. The summed E-state index contributed by atoms with van der Waals surface area (Å²) >= 11 is 0. The van der Waals surface area contributed by atoms with Gasteiger partial charge in [-0.05, 0) is 25.2 Å². The molecule has 0 bridgehead atoms. The molecular weight excluding hydrogens is 228 g/mol. The number of nitrogen functional groups attached to an aromatic ring is 1. The van der Waals surface area contributed by atoms with Crippen LogP contribution in [-0.2, 0) is 0 Å². The van der Waals surface area contributed by atoms with E-state index in [1.165, 1.54) is 25.6 Å². The van der Waals surface area contributed by atoms with Crippen molar-refractivity contribution in [2.75, 3.05) is 30.8 Å². The van der Waals surface area contributed by atoms with Gasteiger partial charge in [0.05, 0.1) is 6.61 Å². The minimum Gasteiger partial charge on any atom is -0.476 e. The summed E-state index contributed by atoms with van der Waals surface area (Å²) in [5.74, 6) is 2.06. The topological polar surface area (TPSA) is 64.3 Å². The third-order valence-electron chi connectivity index (χ3n) is 3.39. The van der Waals surface area contributed by atoms with Gasteiger partial charge in [0.2, 0.25) is 5.88 Å². The van der Waals surface area contributed by atoms with E-state index in [9.17, 15) is 0 Å². The number of nitrogens with zero attached hydrogens (tertiary/aromatic N) is 3. The summed E-state index contributed by atoms with van der Waals surface area (Å²) in [5, 5.41) is 0. The summed E-state index contributed by atoms with van der Waals surface area (Å²) in [6.45, 7) is 3.70. The number of nitrogens with two attached hydrogens (primary N) is 1. The van der Waals surface area contributed by atoms with Crippen LogP contribution in [0, 0.1) is 5.92 Å². The van der Waals surface area contributed by atoms with E-state index in [1.54, 1.807) is 0 Å². The van der Waals surface area contributed by atoms with Gasteiger partial charge in [-0.1, -0.05) is 13.3 Å². The van der Waals surface area contributed by atoms with Crippen LogP contribution in [0.4, 0.5) is 11.5 Å². The maximum atomic E-state index is 6.07. The fourth-order valence-corrected chi connectivity index (χ4v) is 2.14. The van der Waals surface area contributed by atoms with E-state index in [-0.39, 0.29) is 0 Å². The smallest absolute Gasteiger partial charge is 0.242 e. The van der Waals surface area contributed by atoms with Gasteiger partial charge in [0, 0.05) is 13.6 Å². The second kappa shape index (κ2) is 5.89. The highest BCUT2D eigenvalue weighted by Crippen LogP contribution is 2.31. The molecule has 1 aromatic rings. The fourth-order valence-electron chi connectivity index (χ4n) is 2.14. The third-order valence-corrected chi connectivity index (χ3v) is 3.39. The van der Waals surface area contributed by atoms with Gasteiger partial charge in [-0.3, -0.25) is 0 Å². The van der Waals surface area contributed by atoms with Gasteiger partial charge >= 0.3 is 0 Å². The lowest BCUT2D eigenvalue weighted by molar-refractivity contribution is 0.306. The Labute approximate surface area is 108 Å². The molecule has 1 heterocycles. The van der Waals surface area contributed by atoms with Crippen molar-refractivity contribution < 1.29 is 4.74 Å². The molecular formula is C13H22N4O. The molecule has 0 saturated heterocycles. The predicted molar refractivity (Wildman–Crippen MR) is 72.8 cm³/mol. The zero-order valence-corrected chi connectivity index (χ0v) is 11.2. The van der Waals surface area contributed by atoms with Crippen LogP contribution >= 0.6 is 0 Å². The van der Waals surface area contributed by atoms with Crippen LogP contribution in [0.1, 0.15) is 32.6 Å². The Bertz CT molecular complexity index is 393. The average Bonchev–Trinajstić information content (AvgIpc) is 2.32. The molecule has 0 amide bonds. The van der Waals surface area contributed by atoms with Crippen molar-refractivity contribution in [3.8, 4) is 5.88 Å². The van der Waals surface area contributed by atoms with E-state index in [0.717, 1.165) is 24.7 Å². The monoisotopic (exact) mass is 250 g/mol. The number of hydrogen-bond acceptors (Lipinski definition) is 5. The predicted octanol–water partition coefficient (Wildman–Crippen LogP) is 2.08. The van der Waals surface area contributed by atoms with Gasteiger partial charge in [-0.15, -0.1) is 0 Å². The van der Waals surface area contributed by atoms with Crippen molar-refractivity contribution in [2.24, 2.45) is 5.92 Å². The Kier molecular flexibility index (Phi) is 4.23. The quantitative estimate of drug-likeness (QED) is 0.837. The first-order valence-corrected chi connectivity index (χ1v) is 6.66. The number of hydrogen-bond donors (Lipinski definition) is 1. The van der Waals surface area contributed by atoms with Gasteiger partial charge in [-0.2, -0.15) is 4.98 Å². The van der Waals surface area contributed by atoms with Crippen LogP contribution in [0.5, 0.6) is 5.88 Å². The lowest BCUT2D eigenvalue weighted by Gasteiger charge is -2.31. The first-order valence-electron chi connectivity index (χ1n) is 6.66. The standard InChI is InChI=1S/C13H22N4O/c1-3-7-18-13-11(14)12(15-9-16-13)17(2)8-10-5-4-6-10/h9-10H,3-8,14H2,1-2H3. The summed E-state index contributed by atoms with van der Waals surface area (Å²) in [6, 6.07) is 0. The summed E-state index contributed by atoms with van der Waals surface area (Å²) in [5.41, 5.74) is 6.62. The largest absolute Gasteiger partial charge is 0.476 e. The second-order valence-electron chi connectivity index (χ2n) is 4.94. The molecule has 1 saturated carbocycles. The minimum absolute atomic E-state index is 0.502. The number of rotatable bonds is 6. The normalized spacial score (nSPS) is 15.2. The van der Waals surface area contributed by atoms with Crippen LogP contribution in [0.15, 0.2) is 6.33 Å². The Morgan fingerprint density at radius 2 is 2.22 bits per heavy atom. The van der Waals surface area contributed by atoms with E-state index >= 15 is 0 Å². The molecule has 2 N–H and O–H groups in total. The van der Waals surface area contributed by atoms with Crippen molar-refractivity contribution in [1.82, 2.24) is 9.97 Å². The third kappa shape index (κ3) is 2.83. The van der Waals surface area contributed by atoms with Crippen LogP contribution in [0.25, 0.3) is 0 Å². The molecule has 5 heteroatoms. The molecule has 0 radical (unpaired) electrons. The van der Waals surface area contributed by atoms with Crippen molar-refractivity contribution in [3.05, 3.63) is 6.33 Å². The Morgan fingerprint density at radius 1 is 1.44 bits per heavy atom. The summed E-state index contributed by atoms with van der Waals surface area (Å²) in [7, 11) is 2.03. The second-order valence-corrected chi connectivity index (χ2v) is 4.94. The van der Waals surface area contributed by atoms with Crippen molar-refractivity contribution in [1.29, 1.82) is 0 Å². The van der Waals surface area contributed by atoms with Gasteiger partial charge < -0.3 is 15.4 Å². The maximum Gasteiger partial charge on any atom is 0.242 e. The van der Waals surface area contributed by atoms with Gasteiger partial charge in [-0.25, -0.2) is 4.98 Å². The van der Waals surface area contributed by atoms with Crippen molar-refractivity contribution in [3.63, 3.8) is 0 Å². The average molecular weight is 250 g/mol. The maximum absolute atomic E-state index is 6.07. The molecule has 0 atom stereocenters. The molecule has 100 valence electrons. The van der Waals surface area contributed by atoms with Gasteiger partial charge in [0.25, 0.3) is 0 Å². The zero-order chi connectivity index (χ0) is 13.0. The highest BCUT2D eigenvalue weighted by atomic mass is 16.5. The summed E-state index contributed by atoms with van der Waals surface area (Å²) in [4.78, 5) is 10.5. The Hall–Kier alpha value is -1.52. The first-order chi connectivity index (χ1) is 8.72. The Balaban J connectivity index is 2.06. The molecule has 1 aliphatic carbocycles. The number of ether oxygens (including phenoxy) is 1. The fraction of sp³-hybridized carbons (Fsp3) is 0.692. The molecule has 2 rings (SSSR count). The van der Waals surface area contributed by atoms with E-state index in [0.29, 0.717) is 18.2 Å². The molecule has 0 aliphatic heterocycles. The minimum atomic E-state index is 0.502. The molecule has 0 spiro atoms. The molecule has 1 aliphatic rings. The van der Waals surface area contributed by atoms with Crippen molar-refractivity contribution >= 4 is 11.5 Å². The van der Waals surface area contributed by atoms with Crippen LogP contribution in [0.3, 0.4) is 0 Å². The lowest BCUT2D eigenvalue weighted by atomic mass is 9.85. The number of anilines is 2. The summed E-state index contributed by atoms with van der Waals surface area (Å²) in [6.07, 6.45) is 6.44. The van der Waals surface area contributed by atoms with E-state index < -0.39 is 0 Å². The molecule has 1 fully saturated rings. The molecule has 5 nitrogen and oxygen atoms in total. The Morgan fingerprint density at radius 3 is 2.83 bits per heavy atom. The highest BCUT2D eigenvalue weighted by molar-refractivity contribution is 5.67. The highest BCUT2D eigenvalue weighted by Gasteiger charge is 2.21. The van der Waals surface area contributed by atoms with Crippen LogP contribution < -0.4 is 15.4 Å². The SMILES string of the molecule is CCCOc1ncnc(N(C)CC2CCC2)c1N. The zero-order valence-electron chi connectivity index (χ0n) is 11.2. The van der Waals surface area contributed by atoms with Gasteiger partial charge in [0.1, 0.15) is 12.0 Å². The first kappa shape index (κ1) is 12.9. The van der Waals surface area contributed by atoms with Crippen LogP contribution in [-0.4, -0.2) is 30.2 Å².